The number of anilines is 1. The molecule has 2 fully saturated rings. The molecule has 7 heteroatoms. The lowest BCUT2D eigenvalue weighted by atomic mass is 10.0. The summed E-state index contributed by atoms with van der Waals surface area (Å²) in [5, 5.41) is 7.17. The molecule has 1 atom stereocenters. The molecule has 1 aliphatic heterocycles. The Morgan fingerprint density at radius 1 is 1.16 bits per heavy atom. The van der Waals surface area contributed by atoms with Crippen LogP contribution in [0.15, 0.2) is 22.7 Å². The van der Waals surface area contributed by atoms with Crippen LogP contribution in [-0.4, -0.2) is 40.8 Å². The zero-order chi connectivity index (χ0) is 21.6. The van der Waals surface area contributed by atoms with Crippen molar-refractivity contribution in [1.29, 1.82) is 0 Å². The van der Waals surface area contributed by atoms with Crippen LogP contribution in [0.5, 0.6) is 0 Å². The number of aryl methyl sites for hydroxylation is 2. The molecular formula is C24H34N4O3. The first-order chi connectivity index (χ1) is 15.1. The molecule has 1 saturated heterocycles. The molecule has 1 aromatic heterocycles. The number of hydrogen-bond acceptors (Lipinski definition) is 5. The van der Waals surface area contributed by atoms with E-state index in [4.69, 9.17) is 9.26 Å². The lowest BCUT2D eigenvalue weighted by Gasteiger charge is -2.33. The second-order valence-electron chi connectivity index (χ2n) is 8.96. The average molecular weight is 427 g/mol. The van der Waals surface area contributed by atoms with E-state index in [-0.39, 0.29) is 12.1 Å². The van der Waals surface area contributed by atoms with Gasteiger partial charge >= 0.3 is 6.03 Å². The van der Waals surface area contributed by atoms with Gasteiger partial charge in [0, 0.05) is 25.3 Å². The maximum Gasteiger partial charge on any atom is 0.322 e. The van der Waals surface area contributed by atoms with Gasteiger partial charge in [-0.2, -0.15) is 4.98 Å². The van der Waals surface area contributed by atoms with Crippen molar-refractivity contribution in [3.8, 4) is 0 Å². The maximum atomic E-state index is 13.0. The Bertz CT molecular complexity index is 875. The van der Waals surface area contributed by atoms with E-state index in [2.05, 4.69) is 22.4 Å². The molecule has 168 valence electrons. The van der Waals surface area contributed by atoms with Gasteiger partial charge < -0.3 is 19.5 Å². The topological polar surface area (TPSA) is 80.5 Å². The van der Waals surface area contributed by atoms with Crippen LogP contribution in [0.2, 0.25) is 0 Å². The van der Waals surface area contributed by atoms with Gasteiger partial charge in [0.2, 0.25) is 5.89 Å². The largest absolute Gasteiger partial charge is 0.381 e. The SMILES string of the molecule is Cc1ccc(NC(=O)N2CCCCC2c2nc(CCOCC3CCCC3)no2)cc1C. The molecule has 4 rings (SSSR count). The quantitative estimate of drug-likeness (QED) is 0.616. The first-order valence-corrected chi connectivity index (χ1v) is 11.7. The molecule has 1 unspecified atom stereocenters. The minimum atomic E-state index is -0.180. The maximum absolute atomic E-state index is 13.0. The van der Waals surface area contributed by atoms with E-state index in [1.165, 1.54) is 31.2 Å². The van der Waals surface area contributed by atoms with Gasteiger partial charge in [-0.05, 0) is 75.1 Å². The molecule has 1 N–H and O–H groups in total. The number of nitrogens with one attached hydrogen (secondary N) is 1. The van der Waals surface area contributed by atoms with Crippen molar-refractivity contribution in [3.63, 3.8) is 0 Å². The number of ether oxygens (including phenoxy) is 1. The summed E-state index contributed by atoms with van der Waals surface area (Å²) in [6, 6.07) is 5.67. The van der Waals surface area contributed by atoms with E-state index in [1.807, 2.05) is 30.0 Å². The molecule has 1 aliphatic carbocycles. The van der Waals surface area contributed by atoms with Crippen LogP contribution in [0.1, 0.15) is 73.8 Å². The number of carbonyl (C=O) groups excluding carboxylic acids is 1. The number of piperidine rings is 1. The van der Waals surface area contributed by atoms with Gasteiger partial charge in [0.25, 0.3) is 0 Å². The normalized spacial score (nSPS) is 19.7. The molecule has 2 aromatic rings. The third kappa shape index (κ3) is 5.64. The third-order valence-electron chi connectivity index (χ3n) is 6.59. The van der Waals surface area contributed by atoms with E-state index >= 15 is 0 Å². The van der Waals surface area contributed by atoms with Crippen LogP contribution in [0.25, 0.3) is 0 Å². The highest BCUT2D eigenvalue weighted by Crippen LogP contribution is 2.31. The summed E-state index contributed by atoms with van der Waals surface area (Å²) < 4.78 is 11.4. The Morgan fingerprint density at radius 2 is 1.97 bits per heavy atom. The second-order valence-corrected chi connectivity index (χ2v) is 8.96. The molecule has 1 saturated carbocycles. The third-order valence-corrected chi connectivity index (χ3v) is 6.59. The summed E-state index contributed by atoms with van der Waals surface area (Å²) in [5.74, 6) is 1.90. The fraction of sp³-hybridized carbons (Fsp3) is 0.625. The highest BCUT2D eigenvalue weighted by molar-refractivity contribution is 5.89. The van der Waals surface area contributed by atoms with Gasteiger partial charge in [-0.15, -0.1) is 0 Å². The van der Waals surface area contributed by atoms with Gasteiger partial charge in [-0.25, -0.2) is 4.79 Å². The van der Waals surface area contributed by atoms with E-state index < -0.39 is 0 Å². The first-order valence-electron chi connectivity index (χ1n) is 11.7. The van der Waals surface area contributed by atoms with Gasteiger partial charge in [0.15, 0.2) is 5.82 Å². The molecule has 7 nitrogen and oxygen atoms in total. The van der Waals surface area contributed by atoms with E-state index in [9.17, 15) is 4.79 Å². The predicted octanol–water partition coefficient (Wildman–Crippen LogP) is 5.19. The number of urea groups is 1. The summed E-state index contributed by atoms with van der Waals surface area (Å²) in [7, 11) is 0. The van der Waals surface area contributed by atoms with Crippen molar-refractivity contribution in [2.45, 2.75) is 71.3 Å². The minimum Gasteiger partial charge on any atom is -0.381 e. The Balaban J connectivity index is 1.33. The van der Waals surface area contributed by atoms with Crippen molar-refractivity contribution < 1.29 is 14.1 Å². The van der Waals surface area contributed by atoms with Crippen LogP contribution in [0.4, 0.5) is 10.5 Å². The smallest absolute Gasteiger partial charge is 0.322 e. The van der Waals surface area contributed by atoms with E-state index in [0.717, 1.165) is 37.1 Å². The number of benzene rings is 1. The molecule has 2 aliphatic rings. The minimum absolute atomic E-state index is 0.118. The monoisotopic (exact) mass is 426 g/mol. The molecular weight excluding hydrogens is 392 g/mol. The number of aromatic nitrogens is 2. The highest BCUT2D eigenvalue weighted by atomic mass is 16.5. The average Bonchev–Trinajstić information content (AvgIpc) is 3.46. The van der Waals surface area contributed by atoms with Crippen LogP contribution in [-0.2, 0) is 11.2 Å². The van der Waals surface area contributed by atoms with Crippen LogP contribution in [0, 0.1) is 19.8 Å². The molecule has 0 bridgehead atoms. The Labute approximate surface area is 184 Å². The van der Waals surface area contributed by atoms with Crippen LogP contribution >= 0.6 is 0 Å². The van der Waals surface area contributed by atoms with Crippen molar-refractivity contribution in [3.05, 3.63) is 41.0 Å². The molecule has 0 spiro atoms. The van der Waals surface area contributed by atoms with Crippen LogP contribution < -0.4 is 5.32 Å². The summed E-state index contributed by atoms with van der Waals surface area (Å²) in [6.07, 6.45) is 8.72. The number of carbonyl (C=O) groups is 1. The summed E-state index contributed by atoms with van der Waals surface area (Å²) in [6.45, 7) is 6.24. The molecule has 1 aromatic carbocycles. The van der Waals surface area contributed by atoms with E-state index in [1.54, 1.807) is 0 Å². The summed E-state index contributed by atoms with van der Waals surface area (Å²) >= 11 is 0. The van der Waals surface area contributed by atoms with Crippen molar-refractivity contribution in [1.82, 2.24) is 15.0 Å². The molecule has 0 radical (unpaired) electrons. The number of rotatable bonds is 7. The lowest BCUT2D eigenvalue weighted by molar-refractivity contribution is 0.102. The number of amides is 2. The van der Waals surface area contributed by atoms with Gasteiger partial charge in [-0.1, -0.05) is 24.1 Å². The molecule has 31 heavy (non-hydrogen) atoms. The number of likely N-dealkylation sites (tertiary alicyclic amines) is 1. The summed E-state index contributed by atoms with van der Waals surface area (Å²) in [4.78, 5) is 19.4. The Hall–Kier alpha value is -2.41. The highest BCUT2D eigenvalue weighted by Gasteiger charge is 2.32. The fourth-order valence-electron chi connectivity index (χ4n) is 4.54. The summed E-state index contributed by atoms with van der Waals surface area (Å²) in [5.41, 5.74) is 3.17. The zero-order valence-corrected chi connectivity index (χ0v) is 18.7. The van der Waals surface area contributed by atoms with Crippen molar-refractivity contribution >= 4 is 11.7 Å². The molecule has 2 amide bonds. The predicted molar refractivity (Wildman–Crippen MR) is 119 cm³/mol. The molecule has 2 heterocycles. The Kier molecular flexibility index (Phi) is 7.22. The van der Waals surface area contributed by atoms with E-state index in [0.29, 0.717) is 37.2 Å². The van der Waals surface area contributed by atoms with Crippen molar-refractivity contribution in [2.24, 2.45) is 5.92 Å². The number of nitrogens with zero attached hydrogens (tertiary/aromatic N) is 3. The van der Waals surface area contributed by atoms with Crippen molar-refractivity contribution in [2.75, 3.05) is 25.1 Å². The lowest BCUT2D eigenvalue weighted by Crippen LogP contribution is -2.41. The van der Waals surface area contributed by atoms with Gasteiger partial charge in [-0.3, -0.25) is 0 Å². The fourth-order valence-corrected chi connectivity index (χ4v) is 4.54. The standard InChI is InChI=1S/C24H34N4O3/c1-17-10-11-20(15-18(17)2)25-24(29)28-13-6-5-9-21(28)23-26-22(27-31-23)12-14-30-16-19-7-3-4-8-19/h10-11,15,19,21H,3-9,12-14,16H2,1-2H3,(H,25,29). The van der Waals surface area contributed by atoms with Crippen LogP contribution in [0.3, 0.4) is 0 Å². The first kappa shape index (κ1) is 21.8. The Morgan fingerprint density at radius 3 is 2.77 bits per heavy atom. The number of hydrogen-bond donors (Lipinski definition) is 1. The van der Waals surface area contributed by atoms with Gasteiger partial charge in [0.05, 0.1) is 6.61 Å². The second kappa shape index (κ2) is 10.3. The zero-order valence-electron chi connectivity index (χ0n) is 18.7. The van der Waals surface area contributed by atoms with Gasteiger partial charge in [0.1, 0.15) is 6.04 Å².